The van der Waals surface area contributed by atoms with Crippen molar-refractivity contribution in [2.45, 2.75) is 20.4 Å². The van der Waals surface area contributed by atoms with Crippen LogP contribution < -0.4 is 20.1 Å². The van der Waals surface area contributed by atoms with Crippen LogP contribution in [0.15, 0.2) is 24.4 Å². The number of carbonyl (C=O) groups excluding carboxylic acids is 1. The minimum Gasteiger partial charge on any atom is -0.454 e. The summed E-state index contributed by atoms with van der Waals surface area (Å²) in [6, 6.07) is 5.83. The predicted octanol–water partition coefficient (Wildman–Crippen LogP) is 2.09. The molecule has 1 amide bonds. The van der Waals surface area contributed by atoms with Gasteiger partial charge in [0.2, 0.25) is 12.7 Å². The molecule has 7 nitrogen and oxygen atoms in total. The monoisotopic (exact) mass is 366 g/mol. The number of amides is 1. The second kappa shape index (κ2) is 8.73. The normalized spacial score (nSPS) is 12.1. The maximum Gasteiger partial charge on any atom is 0.231 e. The summed E-state index contributed by atoms with van der Waals surface area (Å²) in [5.41, 5.74) is 3.01. The van der Waals surface area contributed by atoms with Crippen LogP contribution in [0.25, 0.3) is 11.3 Å². The van der Waals surface area contributed by atoms with Crippen LogP contribution in [0.5, 0.6) is 11.5 Å². The topological polar surface area (TPSA) is 88.3 Å². The molecule has 8 heteroatoms. The van der Waals surface area contributed by atoms with E-state index in [4.69, 9.17) is 9.47 Å². The number of nitrogens with one attached hydrogen (secondary N) is 3. The van der Waals surface area contributed by atoms with Crippen molar-refractivity contribution in [2.75, 3.05) is 19.9 Å². The van der Waals surface area contributed by atoms with Gasteiger partial charge in [0.05, 0.1) is 11.9 Å². The molecule has 0 unspecified atom stereocenters. The van der Waals surface area contributed by atoms with Crippen molar-refractivity contribution in [3.8, 4) is 22.8 Å². The number of H-pyrrole nitrogens is 1. The molecule has 2 heterocycles. The minimum atomic E-state index is 0. The van der Waals surface area contributed by atoms with Gasteiger partial charge in [0, 0.05) is 36.7 Å². The summed E-state index contributed by atoms with van der Waals surface area (Å²) in [6.45, 7) is 5.99. The zero-order valence-corrected chi connectivity index (χ0v) is 15.1. The quantitative estimate of drug-likeness (QED) is 0.653. The van der Waals surface area contributed by atoms with Gasteiger partial charge in [-0.05, 0) is 18.2 Å². The molecule has 0 saturated carbocycles. The number of rotatable bonds is 7. The highest BCUT2D eigenvalue weighted by Crippen LogP contribution is 2.36. The number of ether oxygens (including phenoxy) is 2. The molecule has 0 radical (unpaired) electrons. The first-order valence-electron chi connectivity index (χ1n) is 8.06. The van der Waals surface area contributed by atoms with Gasteiger partial charge in [0.1, 0.15) is 0 Å². The number of hydrogen-bond donors (Lipinski definition) is 3. The van der Waals surface area contributed by atoms with E-state index in [9.17, 15) is 4.79 Å². The van der Waals surface area contributed by atoms with Crippen molar-refractivity contribution in [3.05, 3.63) is 30.0 Å². The van der Waals surface area contributed by atoms with E-state index in [0.717, 1.165) is 28.3 Å². The Bertz CT molecular complexity index is 718. The number of nitrogens with zero attached hydrogens (tertiary/aromatic N) is 1. The molecule has 3 N–H and O–H groups in total. The minimum absolute atomic E-state index is 0. The number of fused-ring (bicyclic) bond motifs is 1. The van der Waals surface area contributed by atoms with Gasteiger partial charge in [-0.2, -0.15) is 5.10 Å². The van der Waals surface area contributed by atoms with Gasteiger partial charge in [-0.3, -0.25) is 9.89 Å². The maximum atomic E-state index is 11.5. The molecule has 2 aromatic rings. The smallest absolute Gasteiger partial charge is 0.231 e. The van der Waals surface area contributed by atoms with E-state index >= 15 is 0 Å². The van der Waals surface area contributed by atoms with Crippen molar-refractivity contribution < 1.29 is 14.3 Å². The Morgan fingerprint density at radius 3 is 2.88 bits per heavy atom. The largest absolute Gasteiger partial charge is 0.454 e. The molecular weight excluding hydrogens is 344 g/mol. The molecule has 1 aromatic heterocycles. The van der Waals surface area contributed by atoms with Gasteiger partial charge in [-0.15, -0.1) is 12.4 Å². The Labute approximate surface area is 152 Å². The molecule has 1 aliphatic heterocycles. The summed E-state index contributed by atoms with van der Waals surface area (Å²) in [4.78, 5) is 11.5. The van der Waals surface area contributed by atoms with E-state index in [0.29, 0.717) is 19.6 Å². The first-order valence-corrected chi connectivity index (χ1v) is 8.06. The van der Waals surface area contributed by atoms with Crippen LogP contribution in [0.3, 0.4) is 0 Å². The number of benzene rings is 1. The van der Waals surface area contributed by atoms with Crippen LogP contribution in [-0.4, -0.2) is 36.0 Å². The van der Waals surface area contributed by atoms with Crippen molar-refractivity contribution in [1.82, 2.24) is 20.8 Å². The zero-order chi connectivity index (χ0) is 16.9. The van der Waals surface area contributed by atoms with E-state index in [-0.39, 0.29) is 31.0 Å². The molecule has 0 bridgehead atoms. The second-order valence-corrected chi connectivity index (χ2v) is 5.96. The molecule has 0 spiro atoms. The molecule has 0 atom stereocenters. The van der Waals surface area contributed by atoms with E-state index in [1.165, 1.54) is 0 Å². The highest BCUT2D eigenvalue weighted by molar-refractivity contribution is 5.85. The van der Waals surface area contributed by atoms with Gasteiger partial charge < -0.3 is 20.1 Å². The third kappa shape index (κ3) is 4.64. The first-order chi connectivity index (χ1) is 11.6. The van der Waals surface area contributed by atoms with Crippen LogP contribution in [0.1, 0.15) is 19.4 Å². The molecule has 1 aromatic carbocycles. The molecule has 136 valence electrons. The average Bonchev–Trinajstić information content (AvgIpc) is 3.22. The van der Waals surface area contributed by atoms with Crippen molar-refractivity contribution in [1.29, 1.82) is 0 Å². The molecule has 3 rings (SSSR count). The summed E-state index contributed by atoms with van der Waals surface area (Å²) in [7, 11) is 0. The van der Waals surface area contributed by atoms with Gasteiger partial charge in [0.25, 0.3) is 0 Å². The lowest BCUT2D eigenvalue weighted by Crippen LogP contribution is -2.34. The fourth-order valence-corrected chi connectivity index (χ4v) is 2.45. The van der Waals surface area contributed by atoms with Gasteiger partial charge in [0.15, 0.2) is 11.5 Å². The molecule has 0 aliphatic carbocycles. The Hall–Kier alpha value is -2.25. The van der Waals surface area contributed by atoms with E-state index < -0.39 is 0 Å². The lowest BCUT2D eigenvalue weighted by atomic mass is 10.1. The fourth-order valence-electron chi connectivity index (χ4n) is 2.45. The van der Waals surface area contributed by atoms with Gasteiger partial charge in [-0.1, -0.05) is 13.8 Å². The SMILES string of the molecule is CC(C)C(=O)NCCNCc1cn[nH]c1-c1ccc2c(c1)OCO2.Cl. The van der Waals surface area contributed by atoms with Gasteiger partial charge in [-0.25, -0.2) is 0 Å². The standard InChI is InChI=1S/C17H22N4O3.ClH/c1-11(2)17(22)19-6-5-18-8-13-9-20-21-16(13)12-3-4-14-15(7-12)24-10-23-14;/h3-4,7,9,11,18H,5-6,8,10H2,1-2H3,(H,19,22)(H,20,21);1H. The summed E-state index contributed by atoms with van der Waals surface area (Å²) in [5, 5.41) is 13.4. The molecule has 1 aliphatic rings. The maximum absolute atomic E-state index is 11.5. The van der Waals surface area contributed by atoms with Crippen LogP contribution in [0, 0.1) is 5.92 Å². The Kier molecular flexibility index (Phi) is 6.66. The molecule has 25 heavy (non-hydrogen) atoms. The second-order valence-electron chi connectivity index (χ2n) is 5.96. The van der Waals surface area contributed by atoms with Crippen LogP contribution >= 0.6 is 12.4 Å². The molecule has 0 saturated heterocycles. The van der Waals surface area contributed by atoms with Crippen molar-refractivity contribution in [2.24, 2.45) is 5.92 Å². The number of aromatic amines is 1. The Morgan fingerprint density at radius 1 is 1.28 bits per heavy atom. The summed E-state index contributed by atoms with van der Waals surface area (Å²) < 4.78 is 10.8. The van der Waals surface area contributed by atoms with E-state index in [1.807, 2.05) is 32.0 Å². The van der Waals surface area contributed by atoms with Crippen LogP contribution in [0.4, 0.5) is 0 Å². The van der Waals surface area contributed by atoms with Crippen LogP contribution in [-0.2, 0) is 11.3 Å². The summed E-state index contributed by atoms with van der Waals surface area (Å²) >= 11 is 0. The summed E-state index contributed by atoms with van der Waals surface area (Å²) in [6.07, 6.45) is 1.81. The number of halogens is 1. The highest BCUT2D eigenvalue weighted by Gasteiger charge is 2.16. The Balaban J connectivity index is 0.00000225. The molecule has 0 fully saturated rings. The lowest BCUT2D eigenvalue weighted by Gasteiger charge is -2.09. The highest BCUT2D eigenvalue weighted by atomic mass is 35.5. The Morgan fingerprint density at radius 2 is 2.08 bits per heavy atom. The summed E-state index contributed by atoms with van der Waals surface area (Å²) in [5.74, 6) is 1.59. The predicted molar refractivity (Wildman–Crippen MR) is 96.9 cm³/mol. The van der Waals surface area contributed by atoms with E-state index in [1.54, 1.807) is 6.20 Å². The zero-order valence-electron chi connectivity index (χ0n) is 14.3. The third-order valence-electron chi connectivity index (χ3n) is 3.82. The average molecular weight is 367 g/mol. The fraction of sp³-hybridized carbons (Fsp3) is 0.412. The number of aromatic nitrogens is 2. The number of hydrogen-bond acceptors (Lipinski definition) is 5. The van der Waals surface area contributed by atoms with Crippen molar-refractivity contribution in [3.63, 3.8) is 0 Å². The van der Waals surface area contributed by atoms with Crippen molar-refractivity contribution >= 4 is 18.3 Å². The van der Waals surface area contributed by atoms with E-state index in [2.05, 4.69) is 20.8 Å². The van der Waals surface area contributed by atoms with Crippen LogP contribution in [0.2, 0.25) is 0 Å². The lowest BCUT2D eigenvalue weighted by molar-refractivity contribution is -0.123. The third-order valence-corrected chi connectivity index (χ3v) is 3.82. The number of carbonyl (C=O) groups is 1. The first kappa shape index (κ1) is 19.1. The molecular formula is C17H23ClN4O3. The van der Waals surface area contributed by atoms with Gasteiger partial charge >= 0.3 is 0 Å².